The minimum absolute atomic E-state index is 0.126. The van der Waals surface area contributed by atoms with Gasteiger partial charge in [-0.25, -0.2) is 0 Å². The molecule has 2 N–H and O–H groups in total. The van der Waals surface area contributed by atoms with Crippen molar-refractivity contribution in [1.29, 1.82) is 0 Å². The van der Waals surface area contributed by atoms with Gasteiger partial charge in [0.2, 0.25) is 0 Å². The predicted octanol–water partition coefficient (Wildman–Crippen LogP) is 3.57. The molecule has 2 aromatic rings. The second kappa shape index (κ2) is 6.89. The van der Waals surface area contributed by atoms with Gasteiger partial charge in [-0.05, 0) is 30.7 Å². The number of furan rings is 1. The van der Waals surface area contributed by atoms with Gasteiger partial charge in [-0.1, -0.05) is 35.0 Å². The average molecular weight is 324 g/mol. The molecule has 0 aliphatic heterocycles. The fourth-order valence-corrected chi connectivity index (χ4v) is 2.09. The van der Waals surface area contributed by atoms with Gasteiger partial charge >= 0.3 is 0 Å². The summed E-state index contributed by atoms with van der Waals surface area (Å²) < 4.78 is 6.84. The quantitative estimate of drug-likeness (QED) is 0.854. The number of halogens is 1. The van der Waals surface area contributed by atoms with Crippen LogP contribution in [0.25, 0.3) is 11.3 Å². The van der Waals surface area contributed by atoms with Gasteiger partial charge in [-0.15, -0.1) is 0 Å². The Morgan fingerprint density at radius 1 is 1.21 bits per heavy atom. The van der Waals surface area contributed by atoms with E-state index >= 15 is 0 Å². The van der Waals surface area contributed by atoms with Crippen molar-refractivity contribution in [2.75, 3.05) is 6.61 Å². The Hall–Kier alpha value is -1.10. The van der Waals surface area contributed by atoms with Gasteiger partial charge in [0.1, 0.15) is 11.5 Å². The van der Waals surface area contributed by atoms with Crippen LogP contribution in [0, 0.1) is 0 Å². The molecule has 19 heavy (non-hydrogen) atoms. The number of nitrogens with one attached hydrogen (secondary N) is 1. The molecule has 1 aromatic carbocycles. The van der Waals surface area contributed by atoms with E-state index in [0.717, 1.165) is 28.0 Å². The molecule has 0 aliphatic rings. The van der Waals surface area contributed by atoms with E-state index in [-0.39, 0.29) is 12.6 Å². The maximum atomic E-state index is 9.12. The van der Waals surface area contributed by atoms with Crippen LogP contribution in [0.2, 0.25) is 0 Å². The summed E-state index contributed by atoms with van der Waals surface area (Å²) >= 11 is 3.42. The number of rotatable bonds is 6. The SMILES string of the molecule is CC[C@H](CO)NCc1ccc(-c2ccc(Br)cc2)o1. The van der Waals surface area contributed by atoms with Gasteiger partial charge in [-0.2, -0.15) is 0 Å². The van der Waals surface area contributed by atoms with Gasteiger partial charge in [0.25, 0.3) is 0 Å². The summed E-state index contributed by atoms with van der Waals surface area (Å²) in [6.07, 6.45) is 0.900. The van der Waals surface area contributed by atoms with Gasteiger partial charge in [0.05, 0.1) is 13.2 Å². The van der Waals surface area contributed by atoms with Crippen molar-refractivity contribution in [3.63, 3.8) is 0 Å². The van der Waals surface area contributed by atoms with Gasteiger partial charge in [0, 0.05) is 16.1 Å². The minimum atomic E-state index is 0.126. The molecule has 1 atom stereocenters. The monoisotopic (exact) mass is 323 g/mol. The van der Waals surface area contributed by atoms with Crippen molar-refractivity contribution in [2.45, 2.75) is 25.9 Å². The first-order valence-corrected chi connectivity index (χ1v) is 7.21. The van der Waals surface area contributed by atoms with Gasteiger partial charge in [0.15, 0.2) is 0 Å². The molecule has 0 saturated carbocycles. The lowest BCUT2D eigenvalue weighted by Gasteiger charge is -2.12. The molecule has 1 heterocycles. The maximum absolute atomic E-state index is 9.12. The van der Waals surface area contributed by atoms with Crippen molar-refractivity contribution < 1.29 is 9.52 Å². The first-order valence-electron chi connectivity index (χ1n) is 6.41. The Kier molecular flexibility index (Phi) is 5.19. The van der Waals surface area contributed by atoms with E-state index in [1.54, 1.807) is 0 Å². The molecule has 0 spiro atoms. The molecule has 3 nitrogen and oxygen atoms in total. The molecule has 102 valence electrons. The Morgan fingerprint density at radius 3 is 2.58 bits per heavy atom. The molecule has 0 fully saturated rings. The normalized spacial score (nSPS) is 12.6. The van der Waals surface area contributed by atoms with Crippen LogP contribution in [0.4, 0.5) is 0 Å². The van der Waals surface area contributed by atoms with Crippen molar-refractivity contribution in [1.82, 2.24) is 5.32 Å². The third kappa shape index (κ3) is 3.93. The van der Waals surface area contributed by atoms with Gasteiger partial charge < -0.3 is 14.8 Å². The third-order valence-electron chi connectivity index (χ3n) is 3.07. The summed E-state index contributed by atoms with van der Waals surface area (Å²) in [7, 11) is 0. The highest BCUT2D eigenvalue weighted by atomic mass is 79.9. The lowest BCUT2D eigenvalue weighted by molar-refractivity contribution is 0.235. The molecule has 0 radical (unpaired) electrons. The molecule has 4 heteroatoms. The molecular weight excluding hydrogens is 306 g/mol. The predicted molar refractivity (Wildman–Crippen MR) is 79.8 cm³/mol. The largest absolute Gasteiger partial charge is 0.460 e. The van der Waals surface area contributed by atoms with E-state index in [1.165, 1.54) is 0 Å². The highest BCUT2D eigenvalue weighted by molar-refractivity contribution is 9.10. The van der Waals surface area contributed by atoms with Gasteiger partial charge in [-0.3, -0.25) is 0 Å². The third-order valence-corrected chi connectivity index (χ3v) is 3.60. The number of hydrogen-bond acceptors (Lipinski definition) is 3. The summed E-state index contributed by atoms with van der Waals surface area (Å²) in [6.45, 7) is 2.83. The number of aliphatic hydroxyl groups excluding tert-OH is 1. The van der Waals surface area contributed by atoms with E-state index in [9.17, 15) is 0 Å². The minimum Gasteiger partial charge on any atom is -0.460 e. The van der Waals surface area contributed by atoms with Crippen LogP contribution in [0.5, 0.6) is 0 Å². The van der Waals surface area contributed by atoms with Crippen LogP contribution in [0.1, 0.15) is 19.1 Å². The topological polar surface area (TPSA) is 45.4 Å². The van der Waals surface area contributed by atoms with E-state index < -0.39 is 0 Å². The molecule has 0 amide bonds. The van der Waals surface area contributed by atoms with Crippen LogP contribution in [0.15, 0.2) is 45.3 Å². The van der Waals surface area contributed by atoms with Crippen LogP contribution < -0.4 is 5.32 Å². The van der Waals surface area contributed by atoms with E-state index in [1.807, 2.05) is 43.3 Å². The fourth-order valence-electron chi connectivity index (χ4n) is 1.83. The van der Waals surface area contributed by atoms with E-state index in [0.29, 0.717) is 6.54 Å². The lowest BCUT2D eigenvalue weighted by atomic mass is 10.2. The summed E-state index contributed by atoms with van der Waals surface area (Å²) in [4.78, 5) is 0. The Bertz CT molecular complexity index is 503. The van der Waals surface area contributed by atoms with E-state index in [2.05, 4.69) is 21.2 Å². The molecule has 0 aliphatic carbocycles. The zero-order chi connectivity index (χ0) is 13.7. The Labute approximate surface area is 121 Å². The fraction of sp³-hybridized carbons (Fsp3) is 0.333. The zero-order valence-electron chi connectivity index (χ0n) is 10.9. The highest BCUT2D eigenvalue weighted by Gasteiger charge is 2.07. The number of benzene rings is 1. The van der Waals surface area contributed by atoms with Crippen molar-refractivity contribution in [3.05, 3.63) is 46.6 Å². The summed E-state index contributed by atoms with van der Waals surface area (Å²) in [5.74, 6) is 1.74. The number of hydrogen-bond donors (Lipinski definition) is 2. The summed E-state index contributed by atoms with van der Waals surface area (Å²) in [5, 5.41) is 12.4. The second-order valence-corrected chi connectivity index (χ2v) is 5.36. The first kappa shape index (κ1) is 14.3. The highest BCUT2D eigenvalue weighted by Crippen LogP contribution is 2.23. The standard InChI is InChI=1S/C15H18BrNO2/c1-2-13(10-18)17-9-14-7-8-15(19-14)11-3-5-12(16)6-4-11/h3-8,13,17-18H,2,9-10H2,1H3/t13-/m1/s1. The molecule has 0 bridgehead atoms. The van der Waals surface area contributed by atoms with E-state index in [4.69, 9.17) is 9.52 Å². The Morgan fingerprint density at radius 2 is 1.95 bits per heavy atom. The van der Waals surface area contributed by atoms with Crippen molar-refractivity contribution >= 4 is 15.9 Å². The Balaban J connectivity index is 2.01. The molecule has 0 unspecified atom stereocenters. The van der Waals surface area contributed by atoms with Crippen LogP contribution in [0.3, 0.4) is 0 Å². The summed E-state index contributed by atoms with van der Waals surface area (Å²) in [5.41, 5.74) is 1.06. The van der Waals surface area contributed by atoms with Crippen LogP contribution >= 0.6 is 15.9 Å². The number of aliphatic hydroxyl groups is 1. The van der Waals surface area contributed by atoms with Crippen molar-refractivity contribution in [2.24, 2.45) is 0 Å². The lowest BCUT2D eigenvalue weighted by Crippen LogP contribution is -2.30. The van der Waals surface area contributed by atoms with Crippen LogP contribution in [-0.4, -0.2) is 17.8 Å². The van der Waals surface area contributed by atoms with Crippen molar-refractivity contribution in [3.8, 4) is 11.3 Å². The maximum Gasteiger partial charge on any atom is 0.134 e. The second-order valence-electron chi connectivity index (χ2n) is 4.44. The molecular formula is C15H18BrNO2. The molecule has 1 aromatic heterocycles. The van der Waals surface area contributed by atoms with Crippen LogP contribution in [-0.2, 0) is 6.54 Å². The smallest absolute Gasteiger partial charge is 0.134 e. The average Bonchev–Trinajstić information content (AvgIpc) is 2.89. The molecule has 2 rings (SSSR count). The zero-order valence-corrected chi connectivity index (χ0v) is 12.5. The molecule has 0 saturated heterocycles. The summed E-state index contributed by atoms with van der Waals surface area (Å²) in [6, 6.07) is 12.1. The first-order chi connectivity index (χ1) is 9.22.